The van der Waals surface area contributed by atoms with E-state index < -0.39 is 0 Å². The fourth-order valence-electron chi connectivity index (χ4n) is 2.43. The molecule has 0 amide bonds. The molecule has 0 N–H and O–H groups in total. The van der Waals surface area contributed by atoms with Crippen LogP contribution in [0.15, 0.2) is 0 Å². The smallest absolute Gasteiger partial charge is 0.358 e. The number of nitrogens with zero attached hydrogens (tertiary/aromatic N) is 2. The van der Waals surface area contributed by atoms with Gasteiger partial charge < -0.3 is 4.74 Å². The van der Waals surface area contributed by atoms with Crippen LogP contribution in [0.2, 0.25) is 0 Å². The van der Waals surface area contributed by atoms with E-state index >= 15 is 0 Å². The maximum absolute atomic E-state index is 11.7. The van der Waals surface area contributed by atoms with Crippen LogP contribution < -0.4 is 0 Å². The lowest BCUT2D eigenvalue weighted by atomic mass is 9.95. The van der Waals surface area contributed by atoms with Gasteiger partial charge in [0, 0.05) is 17.8 Å². The van der Waals surface area contributed by atoms with Crippen LogP contribution in [-0.4, -0.2) is 22.9 Å². The second-order valence-electron chi connectivity index (χ2n) is 5.05. The number of aromatic nitrogens is 2. The van der Waals surface area contributed by atoms with Crippen LogP contribution in [0.3, 0.4) is 0 Å². The molecule has 0 aromatic carbocycles. The number of hydrogen-bond donors (Lipinski definition) is 0. The quantitative estimate of drug-likeness (QED) is 0.756. The Balaban J connectivity index is 2.40. The Hall–Kier alpha value is -1.32. The number of ether oxygens (including phenoxy) is 1. The summed E-state index contributed by atoms with van der Waals surface area (Å²) in [5.41, 5.74) is 2.89. The molecule has 17 heavy (non-hydrogen) atoms. The van der Waals surface area contributed by atoms with Crippen LogP contribution in [0.1, 0.15) is 48.4 Å². The van der Waals surface area contributed by atoms with Crippen LogP contribution in [-0.2, 0) is 24.1 Å². The summed E-state index contributed by atoms with van der Waals surface area (Å²) in [6.07, 6.45) is 4.33. The van der Waals surface area contributed by atoms with E-state index in [1.54, 1.807) is 0 Å². The summed E-state index contributed by atoms with van der Waals surface area (Å²) >= 11 is 0. The maximum atomic E-state index is 11.7. The molecule has 0 saturated heterocycles. The van der Waals surface area contributed by atoms with Crippen molar-refractivity contribution in [3.63, 3.8) is 0 Å². The van der Waals surface area contributed by atoms with Crippen molar-refractivity contribution >= 4 is 5.97 Å². The molecule has 1 aliphatic rings. The van der Waals surface area contributed by atoms with Crippen molar-refractivity contribution in [1.29, 1.82) is 0 Å². The molecule has 1 heterocycles. The number of carbonyl (C=O) groups excluding carboxylic acids is 1. The Morgan fingerprint density at radius 2 is 2.12 bits per heavy atom. The van der Waals surface area contributed by atoms with Crippen molar-refractivity contribution in [3.8, 4) is 0 Å². The lowest BCUT2D eigenvalue weighted by Gasteiger charge is -2.15. The van der Waals surface area contributed by atoms with Crippen LogP contribution in [0.5, 0.6) is 0 Å². The van der Waals surface area contributed by atoms with Crippen LogP contribution >= 0.6 is 0 Å². The first-order valence-corrected chi connectivity index (χ1v) is 6.30. The average molecular weight is 236 g/mol. The van der Waals surface area contributed by atoms with Crippen molar-refractivity contribution in [1.82, 2.24) is 9.78 Å². The molecule has 4 heteroatoms. The highest BCUT2D eigenvalue weighted by atomic mass is 16.5. The molecule has 1 aromatic rings. The average Bonchev–Trinajstić information content (AvgIpc) is 2.67. The van der Waals surface area contributed by atoms with Gasteiger partial charge in [-0.05, 0) is 31.6 Å². The third-order valence-electron chi connectivity index (χ3n) is 3.17. The zero-order valence-corrected chi connectivity index (χ0v) is 10.8. The minimum absolute atomic E-state index is 0.300. The SMILES string of the molecule is COC(=O)c1nn(CC(C)C)c2c1CCCC2. The molecule has 0 aliphatic heterocycles. The molecule has 1 aliphatic carbocycles. The standard InChI is InChI=1S/C13H20N2O2/c1-9(2)8-15-11-7-5-4-6-10(11)12(14-15)13(16)17-3/h9H,4-8H2,1-3H3. The second-order valence-corrected chi connectivity index (χ2v) is 5.05. The van der Waals surface area contributed by atoms with Gasteiger partial charge in [0.25, 0.3) is 0 Å². The Kier molecular flexibility index (Phi) is 3.50. The number of methoxy groups -OCH3 is 1. The Morgan fingerprint density at radius 1 is 1.41 bits per heavy atom. The predicted octanol–water partition coefficient (Wildman–Crippen LogP) is 2.20. The molecular weight excluding hydrogens is 216 g/mol. The molecule has 1 aromatic heterocycles. The summed E-state index contributed by atoms with van der Waals surface area (Å²) in [5.74, 6) is 0.233. The van der Waals surface area contributed by atoms with Gasteiger partial charge in [-0.2, -0.15) is 5.10 Å². The maximum Gasteiger partial charge on any atom is 0.358 e. The zero-order valence-electron chi connectivity index (χ0n) is 10.8. The van der Waals surface area contributed by atoms with E-state index in [1.165, 1.54) is 19.2 Å². The van der Waals surface area contributed by atoms with E-state index in [2.05, 4.69) is 18.9 Å². The molecule has 2 rings (SSSR count). The van der Waals surface area contributed by atoms with Crippen molar-refractivity contribution in [2.24, 2.45) is 5.92 Å². The van der Waals surface area contributed by atoms with Crippen LogP contribution in [0.25, 0.3) is 0 Å². The van der Waals surface area contributed by atoms with Gasteiger partial charge in [0.05, 0.1) is 7.11 Å². The van der Waals surface area contributed by atoms with Crippen molar-refractivity contribution in [2.45, 2.75) is 46.1 Å². The van der Waals surface area contributed by atoms with E-state index in [0.29, 0.717) is 11.6 Å². The Morgan fingerprint density at radius 3 is 2.76 bits per heavy atom. The third kappa shape index (κ3) is 2.35. The van der Waals surface area contributed by atoms with Gasteiger partial charge in [-0.3, -0.25) is 4.68 Å². The third-order valence-corrected chi connectivity index (χ3v) is 3.17. The van der Waals surface area contributed by atoms with E-state index in [0.717, 1.165) is 31.4 Å². The largest absolute Gasteiger partial charge is 0.464 e. The van der Waals surface area contributed by atoms with Crippen LogP contribution in [0, 0.1) is 5.92 Å². The molecule has 0 atom stereocenters. The van der Waals surface area contributed by atoms with Gasteiger partial charge >= 0.3 is 5.97 Å². The first-order chi connectivity index (χ1) is 8.13. The number of esters is 1. The lowest BCUT2D eigenvalue weighted by molar-refractivity contribution is 0.0591. The minimum Gasteiger partial charge on any atom is -0.464 e. The summed E-state index contributed by atoms with van der Waals surface area (Å²) in [6, 6.07) is 0. The highest BCUT2D eigenvalue weighted by molar-refractivity contribution is 5.89. The van der Waals surface area contributed by atoms with Gasteiger partial charge in [0.15, 0.2) is 5.69 Å². The highest BCUT2D eigenvalue weighted by Crippen LogP contribution is 2.25. The molecule has 0 fully saturated rings. The van der Waals surface area contributed by atoms with Crippen molar-refractivity contribution in [3.05, 3.63) is 17.0 Å². The molecule has 0 spiro atoms. The summed E-state index contributed by atoms with van der Waals surface area (Å²) in [4.78, 5) is 11.7. The molecule has 4 nitrogen and oxygen atoms in total. The van der Waals surface area contributed by atoms with Crippen LogP contribution in [0.4, 0.5) is 0 Å². The van der Waals surface area contributed by atoms with Gasteiger partial charge in [0.1, 0.15) is 0 Å². The van der Waals surface area contributed by atoms with Crippen molar-refractivity contribution in [2.75, 3.05) is 7.11 Å². The normalized spacial score (nSPS) is 14.8. The number of carbonyl (C=O) groups is 1. The van der Waals surface area contributed by atoms with Gasteiger partial charge in [-0.1, -0.05) is 13.8 Å². The molecular formula is C13H20N2O2. The molecule has 0 radical (unpaired) electrons. The topological polar surface area (TPSA) is 44.1 Å². The zero-order chi connectivity index (χ0) is 12.4. The summed E-state index contributed by atoms with van der Waals surface area (Å²) < 4.78 is 6.81. The van der Waals surface area contributed by atoms with Gasteiger partial charge in [-0.25, -0.2) is 4.79 Å². The number of fused-ring (bicyclic) bond motifs is 1. The molecule has 94 valence electrons. The number of rotatable bonds is 3. The number of hydrogen-bond acceptors (Lipinski definition) is 3. The highest BCUT2D eigenvalue weighted by Gasteiger charge is 2.25. The Bertz CT molecular complexity index is 421. The Labute approximate surface area is 102 Å². The van der Waals surface area contributed by atoms with E-state index in [-0.39, 0.29) is 5.97 Å². The fraction of sp³-hybridized carbons (Fsp3) is 0.692. The summed E-state index contributed by atoms with van der Waals surface area (Å²) in [7, 11) is 1.42. The molecule has 0 saturated carbocycles. The van der Waals surface area contributed by atoms with Crippen molar-refractivity contribution < 1.29 is 9.53 Å². The van der Waals surface area contributed by atoms with Gasteiger partial charge in [-0.15, -0.1) is 0 Å². The lowest BCUT2D eigenvalue weighted by Crippen LogP contribution is -2.12. The monoisotopic (exact) mass is 236 g/mol. The van der Waals surface area contributed by atoms with E-state index in [4.69, 9.17) is 4.74 Å². The van der Waals surface area contributed by atoms with Gasteiger partial charge in [0.2, 0.25) is 0 Å². The fourth-order valence-corrected chi connectivity index (χ4v) is 2.43. The second kappa shape index (κ2) is 4.90. The summed E-state index contributed by atoms with van der Waals surface area (Å²) in [6.45, 7) is 5.20. The first kappa shape index (κ1) is 12.1. The predicted molar refractivity (Wildman–Crippen MR) is 65.0 cm³/mol. The van der Waals surface area contributed by atoms with E-state index in [9.17, 15) is 4.79 Å². The van der Waals surface area contributed by atoms with E-state index in [1.807, 2.05) is 4.68 Å². The molecule has 0 unspecified atom stereocenters. The molecule has 0 bridgehead atoms. The first-order valence-electron chi connectivity index (χ1n) is 6.30. The summed E-state index contributed by atoms with van der Waals surface area (Å²) in [5, 5.41) is 4.44. The minimum atomic E-state index is -0.300.